The van der Waals surface area contributed by atoms with E-state index in [1.807, 2.05) is 19.1 Å². The first kappa shape index (κ1) is 21.1. The van der Waals surface area contributed by atoms with Crippen LogP contribution in [-0.4, -0.2) is 30.4 Å². The molecular weight excluding hydrogens is 406 g/mol. The summed E-state index contributed by atoms with van der Waals surface area (Å²) >= 11 is 0. The number of hydrogen-bond acceptors (Lipinski definition) is 4. The van der Waals surface area contributed by atoms with Gasteiger partial charge in [0.2, 0.25) is 11.8 Å². The van der Waals surface area contributed by atoms with Gasteiger partial charge in [0.05, 0.1) is 30.1 Å². The highest BCUT2D eigenvalue weighted by atomic mass is 16.5. The maximum Gasteiger partial charge on any atom is 0.259 e. The molecule has 0 unspecified atom stereocenters. The molecule has 1 aliphatic rings. The van der Waals surface area contributed by atoms with Gasteiger partial charge in [0, 0.05) is 5.56 Å². The number of hydrogen-bond donors (Lipinski definition) is 2. The fourth-order valence-corrected chi connectivity index (χ4v) is 3.67. The van der Waals surface area contributed by atoms with Gasteiger partial charge in [-0.05, 0) is 43.3 Å². The third-order valence-corrected chi connectivity index (χ3v) is 5.12. The van der Waals surface area contributed by atoms with Gasteiger partial charge >= 0.3 is 0 Å². The van der Waals surface area contributed by atoms with Gasteiger partial charge in [-0.15, -0.1) is 0 Å². The predicted octanol–water partition coefficient (Wildman–Crippen LogP) is 4.08. The Balaban J connectivity index is 1.63. The number of fused-ring (bicyclic) bond motifs is 1. The third kappa shape index (κ3) is 4.32. The van der Waals surface area contributed by atoms with Crippen LogP contribution >= 0.6 is 0 Å². The van der Waals surface area contributed by atoms with Crippen LogP contribution in [0, 0.1) is 0 Å². The number of carbonyl (C=O) groups is 3. The number of rotatable bonds is 6. The van der Waals surface area contributed by atoms with Crippen molar-refractivity contribution in [3.63, 3.8) is 0 Å². The first-order valence-corrected chi connectivity index (χ1v) is 10.4. The molecular formula is C25H23N3O4. The average Bonchev–Trinajstić information content (AvgIpc) is 2.81. The van der Waals surface area contributed by atoms with Crippen LogP contribution < -0.4 is 20.3 Å². The van der Waals surface area contributed by atoms with Crippen LogP contribution in [0.1, 0.15) is 23.7 Å². The van der Waals surface area contributed by atoms with Gasteiger partial charge < -0.3 is 15.4 Å². The van der Waals surface area contributed by atoms with Gasteiger partial charge in [-0.2, -0.15) is 0 Å². The Bertz CT molecular complexity index is 1150. The van der Waals surface area contributed by atoms with Crippen molar-refractivity contribution in [1.29, 1.82) is 0 Å². The topological polar surface area (TPSA) is 87.7 Å². The molecule has 0 aliphatic carbocycles. The van der Waals surface area contributed by atoms with Crippen LogP contribution in [0.4, 0.5) is 17.1 Å². The largest absolute Gasteiger partial charge is 0.492 e. The fourth-order valence-electron chi connectivity index (χ4n) is 3.67. The lowest BCUT2D eigenvalue weighted by Gasteiger charge is -2.36. The van der Waals surface area contributed by atoms with Gasteiger partial charge in [-0.1, -0.05) is 42.5 Å². The minimum atomic E-state index is -1.00. The van der Waals surface area contributed by atoms with E-state index in [4.69, 9.17) is 4.74 Å². The number of nitrogens with one attached hydrogen (secondary N) is 2. The molecule has 0 bridgehead atoms. The first-order chi connectivity index (χ1) is 15.6. The molecule has 2 N–H and O–H groups in total. The summed E-state index contributed by atoms with van der Waals surface area (Å²) in [6.07, 6.45) is -0.209. The van der Waals surface area contributed by atoms with E-state index in [9.17, 15) is 14.4 Å². The van der Waals surface area contributed by atoms with Crippen LogP contribution in [0.15, 0.2) is 78.9 Å². The van der Waals surface area contributed by atoms with Gasteiger partial charge in [0.15, 0.2) is 0 Å². The van der Waals surface area contributed by atoms with E-state index in [0.717, 1.165) is 0 Å². The Labute approximate surface area is 186 Å². The molecule has 0 saturated heterocycles. The summed E-state index contributed by atoms with van der Waals surface area (Å²) in [5.74, 6) is -0.622. The van der Waals surface area contributed by atoms with Crippen LogP contribution in [0.25, 0.3) is 0 Å². The highest BCUT2D eigenvalue weighted by Gasteiger charge is 2.38. The van der Waals surface area contributed by atoms with Gasteiger partial charge in [-0.25, -0.2) is 0 Å². The Kier molecular flexibility index (Phi) is 6.17. The predicted molar refractivity (Wildman–Crippen MR) is 123 cm³/mol. The maximum atomic E-state index is 13.4. The molecule has 1 heterocycles. The summed E-state index contributed by atoms with van der Waals surface area (Å²) in [4.78, 5) is 40.7. The number of carbonyl (C=O) groups excluding carboxylic acids is 3. The van der Waals surface area contributed by atoms with Crippen molar-refractivity contribution in [3.05, 3.63) is 84.4 Å². The fraction of sp³-hybridized carbons (Fsp3) is 0.160. The number of amides is 3. The molecule has 0 aromatic heterocycles. The Morgan fingerprint density at radius 3 is 2.44 bits per heavy atom. The second-order valence-electron chi connectivity index (χ2n) is 7.24. The molecule has 1 aliphatic heterocycles. The molecule has 0 saturated carbocycles. The normalized spacial score (nSPS) is 14.8. The van der Waals surface area contributed by atoms with E-state index in [1.165, 1.54) is 4.90 Å². The Hall–Kier alpha value is -4.13. The van der Waals surface area contributed by atoms with Crippen molar-refractivity contribution in [1.82, 2.24) is 0 Å². The molecule has 0 spiro atoms. The number of para-hydroxylation sites is 4. The number of benzene rings is 3. The lowest BCUT2D eigenvalue weighted by atomic mass is 10.0. The molecule has 1 atom stereocenters. The SMILES string of the molecule is CCOc1ccccc1NC(=O)C[C@@H]1C(=O)Nc2ccccc2N1C(=O)c1ccccc1. The van der Waals surface area contributed by atoms with Crippen molar-refractivity contribution < 1.29 is 19.1 Å². The standard InChI is InChI=1S/C25H23N3O4/c1-2-32-22-15-9-7-13-19(22)26-23(29)16-21-24(30)27-18-12-6-8-14-20(18)28(21)25(31)17-10-4-3-5-11-17/h3-15,21H,2,16H2,1H3,(H,26,29)(H,27,30)/t21-/m1/s1. The van der Waals surface area contributed by atoms with E-state index >= 15 is 0 Å². The van der Waals surface area contributed by atoms with E-state index in [1.54, 1.807) is 66.7 Å². The van der Waals surface area contributed by atoms with Crippen molar-refractivity contribution in [2.45, 2.75) is 19.4 Å². The third-order valence-electron chi connectivity index (χ3n) is 5.12. The minimum Gasteiger partial charge on any atom is -0.492 e. The average molecular weight is 429 g/mol. The Morgan fingerprint density at radius 2 is 1.66 bits per heavy atom. The van der Waals surface area contributed by atoms with Crippen molar-refractivity contribution in [3.8, 4) is 5.75 Å². The van der Waals surface area contributed by atoms with Crippen molar-refractivity contribution in [2.24, 2.45) is 0 Å². The summed E-state index contributed by atoms with van der Waals surface area (Å²) in [6, 6.07) is 21.8. The summed E-state index contributed by atoms with van der Waals surface area (Å²) in [5.41, 5.74) is 2.02. The van der Waals surface area contributed by atoms with E-state index in [2.05, 4.69) is 10.6 Å². The lowest BCUT2D eigenvalue weighted by Crippen LogP contribution is -2.52. The quantitative estimate of drug-likeness (QED) is 0.618. The maximum absolute atomic E-state index is 13.4. The molecule has 162 valence electrons. The zero-order chi connectivity index (χ0) is 22.5. The van der Waals surface area contributed by atoms with Gasteiger partial charge in [0.1, 0.15) is 11.8 Å². The van der Waals surface area contributed by atoms with Crippen molar-refractivity contribution >= 4 is 34.8 Å². The zero-order valence-corrected chi connectivity index (χ0v) is 17.6. The molecule has 0 fully saturated rings. The second-order valence-corrected chi connectivity index (χ2v) is 7.24. The molecule has 3 amide bonds. The highest BCUT2D eigenvalue weighted by molar-refractivity contribution is 6.17. The summed E-state index contributed by atoms with van der Waals surface area (Å²) < 4.78 is 5.55. The molecule has 3 aromatic rings. The van der Waals surface area contributed by atoms with E-state index in [0.29, 0.717) is 35.0 Å². The van der Waals surface area contributed by atoms with Crippen molar-refractivity contribution in [2.75, 3.05) is 22.1 Å². The molecule has 7 nitrogen and oxygen atoms in total. The van der Waals surface area contributed by atoms with E-state index < -0.39 is 17.9 Å². The molecule has 7 heteroatoms. The lowest BCUT2D eigenvalue weighted by molar-refractivity contribution is -0.122. The number of ether oxygens (including phenoxy) is 1. The number of nitrogens with zero attached hydrogens (tertiary/aromatic N) is 1. The summed E-state index contributed by atoms with van der Waals surface area (Å²) in [6.45, 7) is 2.31. The number of anilines is 3. The Morgan fingerprint density at radius 1 is 0.969 bits per heavy atom. The minimum absolute atomic E-state index is 0.209. The highest BCUT2D eigenvalue weighted by Crippen LogP contribution is 2.34. The second kappa shape index (κ2) is 9.34. The summed E-state index contributed by atoms with van der Waals surface area (Å²) in [7, 11) is 0. The van der Waals surface area contributed by atoms with Crippen LogP contribution in [-0.2, 0) is 9.59 Å². The molecule has 32 heavy (non-hydrogen) atoms. The first-order valence-electron chi connectivity index (χ1n) is 10.4. The van der Waals surface area contributed by atoms with Crippen LogP contribution in [0.3, 0.4) is 0 Å². The molecule has 3 aromatic carbocycles. The summed E-state index contributed by atoms with van der Waals surface area (Å²) in [5, 5.41) is 5.61. The molecule has 4 rings (SSSR count). The van der Waals surface area contributed by atoms with Gasteiger partial charge in [-0.3, -0.25) is 19.3 Å². The van der Waals surface area contributed by atoms with Crippen LogP contribution in [0.2, 0.25) is 0 Å². The van der Waals surface area contributed by atoms with E-state index in [-0.39, 0.29) is 12.3 Å². The molecule has 0 radical (unpaired) electrons. The zero-order valence-electron chi connectivity index (χ0n) is 17.6. The smallest absolute Gasteiger partial charge is 0.259 e. The van der Waals surface area contributed by atoms with Gasteiger partial charge in [0.25, 0.3) is 5.91 Å². The monoisotopic (exact) mass is 429 g/mol. The van der Waals surface area contributed by atoms with Crippen LogP contribution in [0.5, 0.6) is 5.75 Å².